The van der Waals surface area contributed by atoms with E-state index in [1.165, 1.54) is 6.21 Å². The van der Waals surface area contributed by atoms with Crippen molar-refractivity contribution < 1.29 is 13.2 Å². The molecule has 0 heterocycles. The smallest absolute Gasteiger partial charge is 0.260 e. The van der Waals surface area contributed by atoms with Crippen molar-refractivity contribution in [1.29, 1.82) is 0 Å². The molecule has 7 heteroatoms. The van der Waals surface area contributed by atoms with E-state index in [2.05, 4.69) is 24.4 Å². The maximum Gasteiger partial charge on any atom is 0.260 e. The van der Waals surface area contributed by atoms with Crippen LogP contribution in [-0.4, -0.2) is 33.3 Å². The zero-order valence-electron chi connectivity index (χ0n) is 16.0. The highest BCUT2D eigenvalue weighted by Crippen LogP contribution is 2.21. The van der Waals surface area contributed by atoms with E-state index >= 15 is 0 Å². The lowest BCUT2D eigenvalue weighted by Gasteiger charge is -2.21. The number of sulfonamides is 1. The maximum absolute atomic E-state index is 12.2. The Morgan fingerprint density at radius 1 is 1.11 bits per heavy atom. The van der Waals surface area contributed by atoms with Crippen molar-refractivity contribution in [2.24, 2.45) is 5.10 Å². The van der Waals surface area contributed by atoms with Gasteiger partial charge in [0.05, 0.1) is 18.2 Å². The number of benzene rings is 2. The zero-order valence-corrected chi connectivity index (χ0v) is 16.8. The van der Waals surface area contributed by atoms with Gasteiger partial charge in [0.25, 0.3) is 5.91 Å². The van der Waals surface area contributed by atoms with E-state index in [0.717, 1.165) is 27.3 Å². The van der Waals surface area contributed by atoms with Crippen molar-refractivity contribution in [3.05, 3.63) is 65.2 Å². The lowest BCUT2D eigenvalue weighted by molar-refractivity contribution is -0.119. The highest BCUT2D eigenvalue weighted by atomic mass is 32.2. The van der Waals surface area contributed by atoms with E-state index in [-0.39, 0.29) is 6.54 Å². The Hall–Kier alpha value is -2.67. The number of anilines is 1. The Balaban J connectivity index is 2.07. The first-order valence-corrected chi connectivity index (χ1v) is 10.5. The zero-order chi connectivity index (χ0) is 20.0. The topological polar surface area (TPSA) is 78.8 Å². The number of aryl methyl sites for hydroxylation is 1. The normalized spacial score (nSPS) is 11.7. The molecular formula is C20H25N3O3S. The Morgan fingerprint density at radius 3 is 2.22 bits per heavy atom. The van der Waals surface area contributed by atoms with Gasteiger partial charge in [0.2, 0.25) is 10.0 Å². The average molecular weight is 388 g/mol. The van der Waals surface area contributed by atoms with Crippen LogP contribution < -0.4 is 9.73 Å². The molecule has 1 N–H and O–H groups in total. The lowest BCUT2D eigenvalue weighted by atomic mass is 10.0. The molecule has 0 radical (unpaired) electrons. The first-order chi connectivity index (χ1) is 12.7. The fourth-order valence-electron chi connectivity index (χ4n) is 2.42. The Bertz CT molecular complexity index is 902. The summed E-state index contributed by atoms with van der Waals surface area (Å²) in [6.45, 7) is 5.76. The Kier molecular flexibility index (Phi) is 6.74. The molecule has 0 spiro atoms. The van der Waals surface area contributed by atoms with Gasteiger partial charge in [-0.2, -0.15) is 5.10 Å². The van der Waals surface area contributed by atoms with Gasteiger partial charge in [-0.1, -0.05) is 55.8 Å². The van der Waals surface area contributed by atoms with Gasteiger partial charge in [0.15, 0.2) is 0 Å². The summed E-state index contributed by atoms with van der Waals surface area (Å²) >= 11 is 0. The van der Waals surface area contributed by atoms with Crippen molar-refractivity contribution >= 4 is 27.8 Å². The molecule has 144 valence electrons. The van der Waals surface area contributed by atoms with Gasteiger partial charge in [-0.05, 0) is 36.1 Å². The fourth-order valence-corrected chi connectivity index (χ4v) is 3.28. The number of carbonyl (C=O) groups is 1. The molecule has 0 unspecified atom stereocenters. The molecule has 2 rings (SSSR count). The quantitative estimate of drug-likeness (QED) is 0.586. The second-order valence-corrected chi connectivity index (χ2v) is 8.63. The van der Waals surface area contributed by atoms with Gasteiger partial charge in [-0.3, -0.25) is 9.10 Å². The van der Waals surface area contributed by atoms with Gasteiger partial charge < -0.3 is 0 Å². The first kappa shape index (κ1) is 20.6. The summed E-state index contributed by atoms with van der Waals surface area (Å²) in [5, 5.41) is 3.89. The fraction of sp³-hybridized carbons (Fsp3) is 0.300. The largest absolute Gasteiger partial charge is 0.271 e. The van der Waals surface area contributed by atoms with E-state index in [4.69, 9.17) is 0 Å². The number of carbonyl (C=O) groups excluding carboxylic acids is 1. The maximum atomic E-state index is 12.2. The molecule has 0 aliphatic carbocycles. The van der Waals surface area contributed by atoms with Gasteiger partial charge >= 0.3 is 0 Å². The van der Waals surface area contributed by atoms with E-state index in [0.29, 0.717) is 11.6 Å². The molecule has 0 aliphatic rings. The van der Waals surface area contributed by atoms with Crippen LogP contribution in [0.4, 0.5) is 5.69 Å². The van der Waals surface area contributed by atoms with Crippen LogP contribution in [0.3, 0.4) is 0 Å². The van der Waals surface area contributed by atoms with Gasteiger partial charge in [-0.15, -0.1) is 0 Å². The Morgan fingerprint density at radius 2 is 1.70 bits per heavy atom. The van der Waals surface area contributed by atoms with Crippen molar-refractivity contribution in [1.82, 2.24) is 5.43 Å². The third-order valence-corrected chi connectivity index (χ3v) is 5.16. The molecule has 0 aromatic heterocycles. The van der Waals surface area contributed by atoms with Crippen LogP contribution in [0.5, 0.6) is 0 Å². The first-order valence-electron chi connectivity index (χ1n) is 8.63. The van der Waals surface area contributed by atoms with Crippen LogP contribution in [0.1, 0.15) is 36.5 Å². The Labute approximate surface area is 161 Å². The van der Waals surface area contributed by atoms with Crippen LogP contribution in [0.15, 0.2) is 53.6 Å². The second kappa shape index (κ2) is 8.81. The molecule has 0 atom stereocenters. The third-order valence-electron chi connectivity index (χ3n) is 4.02. The van der Waals surface area contributed by atoms with Gasteiger partial charge in [0.1, 0.15) is 6.54 Å². The SMILES string of the molecule is Cc1ccc(/C=N\NC(=O)CN(c2ccc(C(C)C)cc2)S(C)(=O)=O)cc1. The summed E-state index contributed by atoms with van der Waals surface area (Å²) in [7, 11) is -3.61. The number of rotatable bonds is 7. The molecular weight excluding hydrogens is 362 g/mol. The number of hydrogen-bond donors (Lipinski definition) is 1. The van der Waals surface area contributed by atoms with Gasteiger partial charge in [0, 0.05) is 0 Å². The molecule has 0 saturated carbocycles. The number of amides is 1. The second-order valence-electron chi connectivity index (χ2n) is 6.72. The minimum atomic E-state index is -3.61. The van der Waals surface area contributed by atoms with E-state index < -0.39 is 15.9 Å². The molecule has 0 aliphatic heterocycles. The van der Waals surface area contributed by atoms with Gasteiger partial charge in [-0.25, -0.2) is 13.8 Å². The van der Waals surface area contributed by atoms with E-state index in [1.807, 2.05) is 43.3 Å². The van der Waals surface area contributed by atoms with Crippen molar-refractivity contribution in [3.8, 4) is 0 Å². The van der Waals surface area contributed by atoms with Crippen LogP contribution in [0, 0.1) is 6.92 Å². The number of hydrazone groups is 1. The minimum Gasteiger partial charge on any atom is -0.271 e. The summed E-state index contributed by atoms with van der Waals surface area (Å²) in [6, 6.07) is 14.8. The molecule has 27 heavy (non-hydrogen) atoms. The van der Waals surface area contributed by atoms with Crippen LogP contribution in [0.25, 0.3) is 0 Å². The average Bonchev–Trinajstić information content (AvgIpc) is 2.60. The van der Waals surface area contributed by atoms with E-state index in [1.54, 1.807) is 12.1 Å². The molecule has 0 fully saturated rings. The molecule has 0 saturated heterocycles. The lowest BCUT2D eigenvalue weighted by Crippen LogP contribution is -2.39. The molecule has 6 nitrogen and oxygen atoms in total. The predicted molar refractivity (Wildman–Crippen MR) is 110 cm³/mol. The molecule has 2 aromatic carbocycles. The highest BCUT2D eigenvalue weighted by Gasteiger charge is 2.20. The molecule has 1 amide bonds. The number of nitrogens with one attached hydrogen (secondary N) is 1. The molecule has 0 bridgehead atoms. The third kappa shape index (κ3) is 6.21. The number of hydrogen-bond acceptors (Lipinski definition) is 4. The predicted octanol–water partition coefficient (Wildman–Crippen LogP) is 3.03. The monoisotopic (exact) mass is 387 g/mol. The summed E-state index contributed by atoms with van der Waals surface area (Å²) in [5.74, 6) is -0.179. The number of nitrogens with zero attached hydrogens (tertiary/aromatic N) is 2. The van der Waals surface area contributed by atoms with Crippen molar-refractivity contribution in [2.75, 3.05) is 17.1 Å². The van der Waals surface area contributed by atoms with Crippen molar-refractivity contribution in [2.45, 2.75) is 26.7 Å². The van der Waals surface area contributed by atoms with Crippen LogP contribution in [-0.2, 0) is 14.8 Å². The van der Waals surface area contributed by atoms with E-state index in [9.17, 15) is 13.2 Å². The summed E-state index contributed by atoms with van der Waals surface area (Å²) < 4.78 is 25.3. The minimum absolute atomic E-state index is 0.338. The highest BCUT2D eigenvalue weighted by molar-refractivity contribution is 7.92. The van der Waals surface area contributed by atoms with Crippen LogP contribution >= 0.6 is 0 Å². The summed E-state index contributed by atoms with van der Waals surface area (Å²) in [5.41, 5.74) is 5.88. The van der Waals surface area contributed by atoms with Crippen LogP contribution in [0.2, 0.25) is 0 Å². The van der Waals surface area contributed by atoms with Crippen molar-refractivity contribution in [3.63, 3.8) is 0 Å². The molecule has 2 aromatic rings. The summed E-state index contributed by atoms with van der Waals surface area (Å²) in [6.07, 6.45) is 2.59. The standard InChI is InChI=1S/C20H25N3O3S/c1-15(2)18-9-11-19(12-10-18)23(27(4,25)26)14-20(24)22-21-13-17-7-5-16(3)6-8-17/h5-13,15H,14H2,1-4H3,(H,22,24)/b21-13-. The summed E-state index contributed by atoms with van der Waals surface area (Å²) in [4.78, 5) is 12.2.